The van der Waals surface area contributed by atoms with Gasteiger partial charge in [-0.15, -0.1) is 0 Å². The van der Waals surface area contributed by atoms with Gasteiger partial charge in [0.25, 0.3) is 5.91 Å². The largest absolute Gasteiger partial charge is 0.385 e. The molecule has 0 aromatic heterocycles. The SMILES string of the molecule is Cc1c(Cl)ccc(Cl)c1N1N=C(N)CC1=O. The average molecular weight is 258 g/mol. The van der Waals surface area contributed by atoms with Crippen LogP contribution >= 0.6 is 23.2 Å². The van der Waals surface area contributed by atoms with Crippen LogP contribution in [0, 0.1) is 6.92 Å². The average Bonchev–Trinajstić information content (AvgIpc) is 2.53. The summed E-state index contributed by atoms with van der Waals surface area (Å²) in [5.74, 6) is 0.0743. The summed E-state index contributed by atoms with van der Waals surface area (Å²) in [5.41, 5.74) is 6.71. The van der Waals surface area contributed by atoms with Crippen molar-refractivity contribution >= 4 is 40.6 Å². The monoisotopic (exact) mass is 257 g/mol. The Hall–Kier alpha value is -1.26. The minimum atomic E-state index is -0.204. The van der Waals surface area contributed by atoms with Crippen molar-refractivity contribution in [3.63, 3.8) is 0 Å². The highest BCUT2D eigenvalue weighted by Crippen LogP contribution is 2.35. The van der Waals surface area contributed by atoms with Crippen molar-refractivity contribution in [1.29, 1.82) is 0 Å². The zero-order chi connectivity index (χ0) is 11.9. The molecule has 1 heterocycles. The van der Waals surface area contributed by atoms with E-state index in [1.165, 1.54) is 5.01 Å². The second-order valence-corrected chi connectivity index (χ2v) is 4.29. The molecule has 0 bridgehead atoms. The van der Waals surface area contributed by atoms with E-state index in [1.54, 1.807) is 19.1 Å². The van der Waals surface area contributed by atoms with Crippen molar-refractivity contribution in [3.05, 3.63) is 27.7 Å². The van der Waals surface area contributed by atoms with Crippen LogP contribution in [0.1, 0.15) is 12.0 Å². The number of nitrogens with zero attached hydrogens (tertiary/aromatic N) is 2. The molecule has 0 aliphatic carbocycles. The third-order valence-electron chi connectivity index (χ3n) is 2.32. The maximum Gasteiger partial charge on any atom is 0.255 e. The second-order valence-electron chi connectivity index (χ2n) is 3.48. The lowest BCUT2D eigenvalue weighted by atomic mass is 10.2. The Morgan fingerprint density at radius 2 is 2.00 bits per heavy atom. The van der Waals surface area contributed by atoms with E-state index in [0.29, 0.717) is 21.3 Å². The fourth-order valence-electron chi connectivity index (χ4n) is 1.53. The molecule has 6 heteroatoms. The summed E-state index contributed by atoms with van der Waals surface area (Å²) in [4.78, 5) is 11.6. The van der Waals surface area contributed by atoms with Gasteiger partial charge in [0, 0.05) is 5.02 Å². The van der Waals surface area contributed by atoms with Crippen LogP contribution in [0.15, 0.2) is 17.2 Å². The summed E-state index contributed by atoms with van der Waals surface area (Å²) in [6.45, 7) is 1.78. The van der Waals surface area contributed by atoms with E-state index in [0.717, 1.165) is 0 Å². The molecule has 4 nitrogen and oxygen atoms in total. The van der Waals surface area contributed by atoms with Gasteiger partial charge in [0.1, 0.15) is 5.84 Å². The zero-order valence-corrected chi connectivity index (χ0v) is 10.0. The first-order valence-corrected chi connectivity index (χ1v) is 5.37. The molecule has 0 atom stereocenters. The lowest BCUT2D eigenvalue weighted by molar-refractivity contribution is -0.116. The van der Waals surface area contributed by atoms with Gasteiger partial charge in [-0.3, -0.25) is 4.79 Å². The summed E-state index contributed by atoms with van der Waals surface area (Å²) in [6.07, 6.45) is 0.113. The molecule has 0 spiro atoms. The summed E-state index contributed by atoms with van der Waals surface area (Å²) >= 11 is 12.0. The molecule has 2 N–H and O–H groups in total. The van der Waals surface area contributed by atoms with Gasteiger partial charge in [0.05, 0.1) is 17.1 Å². The number of rotatable bonds is 1. The van der Waals surface area contributed by atoms with Crippen LogP contribution < -0.4 is 10.7 Å². The predicted molar refractivity (Wildman–Crippen MR) is 64.9 cm³/mol. The molecule has 16 heavy (non-hydrogen) atoms. The number of hydrazone groups is 1. The molecule has 1 aromatic rings. The van der Waals surface area contributed by atoms with Crippen molar-refractivity contribution in [2.24, 2.45) is 10.8 Å². The molecule has 1 aliphatic heterocycles. The van der Waals surface area contributed by atoms with Gasteiger partial charge in [-0.25, -0.2) is 0 Å². The van der Waals surface area contributed by atoms with E-state index in [4.69, 9.17) is 28.9 Å². The zero-order valence-electron chi connectivity index (χ0n) is 8.50. The van der Waals surface area contributed by atoms with Gasteiger partial charge in [-0.05, 0) is 24.6 Å². The Bertz CT molecular complexity index is 499. The first kappa shape index (κ1) is 11.2. The van der Waals surface area contributed by atoms with Crippen LogP contribution in [0.2, 0.25) is 10.0 Å². The number of hydrogen-bond donors (Lipinski definition) is 1. The number of hydrogen-bond acceptors (Lipinski definition) is 3. The molecule has 0 fully saturated rings. The van der Waals surface area contributed by atoms with Crippen molar-refractivity contribution in [2.75, 3.05) is 5.01 Å². The highest BCUT2D eigenvalue weighted by molar-refractivity contribution is 6.36. The number of nitrogens with two attached hydrogens (primary N) is 1. The van der Waals surface area contributed by atoms with Crippen LogP contribution in [0.5, 0.6) is 0 Å². The minimum Gasteiger partial charge on any atom is -0.385 e. The second kappa shape index (κ2) is 3.96. The van der Waals surface area contributed by atoms with E-state index >= 15 is 0 Å². The molecule has 84 valence electrons. The number of benzene rings is 1. The fraction of sp³-hybridized carbons (Fsp3) is 0.200. The van der Waals surface area contributed by atoms with Gasteiger partial charge in [-0.1, -0.05) is 23.2 Å². The van der Waals surface area contributed by atoms with Crippen molar-refractivity contribution < 1.29 is 4.79 Å². The standard InChI is InChI=1S/C10H9Cl2N3O/c1-5-6(11)2-3-7(12)10(5)15-9(16)4-8(13)14-15/h2-3H,4H2,1H3,(H2,13,14). The highest BCUT2D eigenvalue weighted by atomic mass is 35.5. The lowest BCUT2D eigenvalue weighted by Gasteiger charge is -2.16. The van der Waals surface area contributed by atoms with E-state index < -0.39 is 0 Å². The Kier molecular flexibility index (Phi) is 2.78. The molecule has 1 aliphatic rings. The summed E-state index contributed by atoms with van der Waals surface area (Å²) in [5, 5.41) is 6.10. The number of amides is 1. The van der Waals surface area contributed by atoms with E-state index in [9.17, 15) is 4.79 Å². The predicted octanol–water partition coefficient (Wildman–Crippen LogP) is 2.31. The van der Waals surface area contributed by atoms with Crippen molar-refractivity contribution in [2.45, 2.75) is 13.3 Å². The van der Waals surface area contributed by atoms with Crippen LogP contribution in [-0.2, 0) is 4.79 Å². The van der Waals surface area contributed by atoms with Crippen molar-refractivity contribution in [1.82, 2.24) is 0 Å². The van der Waals surface area contributed by atoms with Gasteiger partial charge in [0.2, 0.25) is 0 Å². The maximum absolute atomic E-state index is 11.6. The maximum atomic E-state index is 11.6. The van der Waals surface area contributed by atoms with E-state index in [2.05, 4.69) is 5.10 Å². The Balaban J connectivity index is 2.56. The summed E-state index contributed by atoms with van der Waals surface area (Å²) in [6, 6.07) is 3.31. The van der Waals surface area contributed by atoms with Crippen LogP contribution in [0.25, 0.3) is 0 Å². The number of anilines is 1. The smallest absolute Gasteiger partial charge is 0.255 e. The third-order valence-corrected chi connectivity index (χ3v) is 3.04. The molecule has 0 radical (unpaired) electrons. The molecular formula is C10H9Cl2N3O. The van der Waals surface area contributed by atoms with E-state index in [-0.39, 0.29) is 18.2 Å². The molecule has 1 amide bonds. The molecular weight excluding hydrogens is 249 g/mol. The van der Waals surface area contributed by atoms with Crippen LogP contribution in [0.3, 0.4) is 0 Å². The highest BCUT2D eigenvalue weighted by Gasteiger charge is 2.27. The van der Waals surface area contributed by atoms with Gasteiger partial charge in [0.15, 0.2) is 0 Å². The number of carbonyl (C=O) groups is 1. The lowest BCUT2D eigenvalue weighted by Crippen LogP contribution is -2.21. The van der Waals surface area contributed by atoms with Crippen LogP contribution in [0.4, 0.5) is 5.69 Å². The molecule has 0 saturated carbocycles. The normalized spacial score (nSPS) is 15.6. The Morgan fingerprint density at radius 1 is 1.38 bits per heavy atom. The Morgan fingerprint density at radius 3 is 2.56 bits per heavy atom. The fourth-order valence-corrected chi connectivity index (χ4v) is 1.96. The molecule has 0 saturated heterocycles. The van der Waals surface area contributed by atoms with Gasteiger partial charge in [-0.2, -0.15) is 10.1 Å². The minimum absolute atomic E-state index is 0.113. The third kappa shape index (κ3) is 1.74. The molecule has 0 unspecified atom stereocenters. The first-order chi connectivity index (χ1) is 7.50. The summed E-state index contributed by atoms with van der Waals surface area (Å²) in [7, 11) is 0. The molecule has 2 rings (SSSR count). The number of amidine groups is 1. The first-order valence-electron chi connectivity index (χ1n) is 4.61. The topological polar surface area (TPSA) is 58.7 Å². The Labute approximate surface area is 103 Å². The van der Waals surface area contributed by atoms with Gasteiger partial charge < -0.3 is 5.73 Å². The summed E-state index contributed by atoms with van der Waals surface area (Å²) < 4.78 is 0. The van der Waals surface area contributed by atoms with Crippen molar-refractivity contribution in [3.8, 4) is 0 Å². The quantitative estimate of drug-likeness (QED) is 0.840. The van der Waals surface area contributed by atoms with Gasteiger partial charge >= 0.3 is 0 Å². The van der Waals surface area contributed by atoms with E-state index in [1.807, 2.05) is 0 Å². The van der Waals surface area contributed by atoms with Crippen LogP contribution in [-0.4, -0.2) is 11.7 Å². The number of carbonyl (C=O) groups excluding carboxylic acids is 1. The molecule has 1 aromatic carbocycles. The number of halogens is 2.